The quantitative estimate of drug-likeness (QED) is 0.660. The van der Waals surface area contributed by atoms with Crippen LogP contribution in [-0.4, -0.2) is 26.0 Å². The van der Waals surface area contributed by atoms with Crippen LogP contribution >= 0.6 is 0 Å². The zero-order valence-corrected chi connectivity index (χ0v) is 6.76. The van der Waals surface area contributed by atoms with Crippen LogP contribution in [0.1, 0.15) is 13.3 Å². The van der Waals surface area contributed by atoms with Gasteiger partial charge in [-0.2, -0.15) is 0 Å². The number of rotatable bonds is 3. The van der Waals surface area contributed by atoms with Crippen molar-refractivity contribution in [3.63, 3.8) is 0 Å². The number of hydrogen-bond donors (Lipinski definition) is 1. The molecule has 0 radical (unpaired) electrons. The Morgan fingerprint density at radius 1 is 1.88 bits per heavy atom. The molecule has 2 nitrogen and oxygen atoms in total. The predicted molar refractivity (Wildman–Crippen MR) is 33.3 cm³/mol. The summed E-state index contributed by atoms with van der Waals surface area (Å²) >= 11 is 0.264. The zero-order chi connectivity index (χ0) is 6.57. The second-order valence-corrected chi connectivity index (χ2v) is 3.65. The third kappa shape index (κ3) is 2.34. The molecule has 0 aliphatic carbocycles. The van der Waals surface area contributed by atoms with Crippen molar-refractivity contribution in [1.82, 2.24) is 0 Å². The topological polar surface area (TPSA) is 37.3 Å². The van der Waals surface area contributed by atoms with Gasteiger partial charge in [-0.25, -0.2) is 0 Å². The number of carbonyl (C=O) groups is 1. The molecule has 0 aromatic carbocycles. The van der Waals surface area contributed by atoms with Crippen molar-refractivity contribution in [1.29, 1.82) is 0 Å². The molecule has 0 saturated carbocycles. The van der Waals surface area contributed by atoms with Crippen molar-refractivity contribution in [2.45, 2.75) is 24.0 Å². The van der Waals surface area contributed by atoms with E-state index in [0.717, 1.165) is 6.42 Å². The average Bonchev–Trinajstić information content (AvgIpc) is 1.69. The van der Waals surface area contributed by atoms with Crippen molar-refractivity contribution in [3.8, 4) is 0 Å². The van der Waals surface area contributed by atoms with E-state index >= 15 is 0 Å². The molecule has 3 heteroatoms. The third-order valence-electron chi connectivity index (χ3n) is 0.931. The second-order valence-electron chi connectivity index (χ2n) is 1.47. The van der Waals surface area contributed by atoms with Gasteiger partial charge in [0.2, 0.25) is 0 Å². The van der Waals surface area contributed by atoms with Crippen molar-refractivity contribution in [2.75, 3.05) is 0 Å². The molecule has 0 rings (SSSR count). The van der Waals surface area contributed by atoms with Crippen LogP contribution in [-0.2, 0) is 4.79 Å². The predicted octanol–water partition coefficient (Wildman–Crippen LogP) is 1.02. The molecule has 0 aromatic heterocycles. The molecular formula is C5H10O2Se. The van der Waals surface area contributed by atoms with Crippen LogP contribution < -0.4 is 0 Å². The summed E-state index contributed by atoms with van der Waals surface area (Å²) in [4.78, 5) is 10.1. The maximum absolute atomic E-state index is 10.2. The van der Waals surface area contributed by atoms with Crippen molar-refractivity contribution >= 4 is 20.9 Å². The van der Waals surface area contributed by atoms with Gasteiger partial charge in [0, 0.05) is 0 Å². The third-order valence-corrected chi connectivity index (χ3v) is 3.25. The Morgan fingerprint density at radius 3 is 2.38 bits per heavy atom. The van der Waals surface area contributed by atoms with Gasteiger partial charge in [0.15, 0.2) is 0 Å². The van der Waals surface area contributed by atoms with E-state index in [1.54, 1.807) is 0 Å². The zero-order valence-electron chi connectivity index (χ0n) is 5.05. The molecule has 0 amide bonds. The Morgan fingerprint density at radius 2 is 2.38 bits per heavy atom. The number of carboxylic acids is 1. The van der Waals surface area contributed by atoms with E-state index in [1.165, 1.54) is 0 Å². The van der Waals surface area contributed by atoms with E-state index in [-0.39, 0.29) is 19.8 Å². The molecule has 0 fully saturated rings. The van der Waals surface area contributed by atoms with Gasteiger partial charge in [-0.1, -0.05) is 0 Å². The van der Waals surface area contributed by atoms with E-state index in [2.05, 4.69) is 0 Å². The van der Waals surface area contributed by atoms with Gasteiger partial charge in [0.05, 0.1) is 0 Å². The number of hydrogen-bond acceptors (Lipinski definition) is 1. The first-order valence-corrected chi connectivity index (χ1v) is 5.18. The van der Waals surface area contributed by atoms with Crippen LogP contribution in [0.4, 0.5) is 0 Å². The monoisotopic (exact) mass is 182 g/mol. The molecule has 0 spiro atoms. The molecule has 1 N–H and O–H groups in total. The molecule has 0 bridgehead atoms. The van der Waals surface area contributed by atoms with Gasteiger partial charge in [0.1, 0.15) is 0 Å². The van der Waals surface area contributed by atoms with E-state index in [9.17, 15) is 4.79 Å². The fraction of sp³-hybridized carbons (Fsp3) is 0.800. The number of carboxylic acid groups (broad SMARTS) is 1. The molecule has 0 aliphatic heterocycles. The van der Waals surface area contributed by atoms with Crippen LogP contribution in [0.3, 0.4) is 0 Å². The van der Waals surface area contributed by atoms with Crippen molar-refractivity contribution in [2.24, 2.45) is 0 Å². The van der Waals surface area contributed by atoms with Gasteiger partial charge in [0.25, 0.3) is 0 Å². The molecule has 1 unspecified atom stereocenters. The molecule has 0 heterocycles. The first-order valence-electron chi connectivity index (χ1n) is 2.48. The minimum atomic E-state index is -0.644. The Balaban J connectivity index is 3.52. The Hall–Kier alpha value is -0.0105. The molecular weight excluding hydrogens is 171 g/mol. The Bertz CT molecular complexity index is 78.5. The summed E-state index contributed by atoms with van der Waals surface area (Å²) in [5.41, 5.74) is 0. The van der Waals surface area contributed by atoms with Gasteiger partial charge in [-0.3, -0.25) is 0 Å². The molecule has 1 atom stereocenters. The molecule has 8 heavy (non-hydrogen) atoms. The molecule has 0 aromatic rings. The van der Waals surface area contributed by atoms with Crippen LogP contribution in [0.5, 0.6) is 0 Å². The van der Waals surface area contributed by atoms with E-state index in [4.69, 9.17) is 5.11 Å². The van der Waals surface area contributed by atoms with Crippen LogP contribution in [0, 0.1) is 0 Å². The normalized spacial score (nSPS) is 13.2. The summed E-state index contributed by atoms with van der Waals surface area (Å²) in [6.45, 7) is 1.91. The fourth-order valence-corrected chi connectivity index (χ4v) is 1.56. The summed E-state index contributed by atoms with van der Waals surface area (Å²) < 4.78 is 0. The van der Waals surface area contributed by atoms with Crippen LogP contribution in [0.25, 0.3) is 0 Å². The van der Waals surface area contributed by atoms with Gasteiger partial charge < -0.3 is 0 Å². The van der Waals surface area contributed by atoms with Crippen LogP contribution in [0.15, 0.2) is 0 Å². The summed E-state index contributed by atoms with van der Waals surface area (Å²) in [5, 5.41) is 8.39. The Labute approximate surface area is 55.4 Å². The second kappa shape index (κ2) is 3.93. The van der Waals surface area contributed by atoms with Crippen molar-refractivity contribution in [3.05, 3.63) is 0 Å². The first-order chi connectivity index (χ1) is 3.72. The average molecular weight is 181 g/mol. The van der Waals surface area contributed by atoms with Gasteiger partial charge in [-0.15, -0.1) is 0 Å². The van der Waals surface area contributed by atoms with Crippen LogP contribution in [0.2, 0.25) is 10.6 Å². The van der Waals surface area contributed by atoms with Gasteiger partial charge in [-0.05, 0) is 0 Å². The number of aliphatic carboxylic acids is 1. The summed E-state index contributed by atoms with van der Waals surface area (Å²) in [6, 6.07) is 0. The van der Waals surface area contributed by atoms with E-state index in [0.29, 0.717) is 0 Å². The minimum absolute atomic E-state index is 0.0671. The summed E-state index contributed by atoms with van der Waals surface area (Å²) in [7, 11) is 0. The first kappa shape index (κ1) is 7.99. The molecule has 48 valence electrons. The Kier molecular flexibility index (Phi) is 3.92. The fourth-order valence-electron chi connectivity index (χ4n) is 0.442. The van der Waals surface area contributed by atoms with E-state index in [1.807, 2.05) is 12.7 Å². The van der Waals surface area contributed by atoms with Gasteiger partial charge >= 0.3 is 54.8 Å². The summed E-state index contributed by atoms with van der Waals surface area (Å²) in [6.07, 6.45) is 0.770. The maximum atomic E-state index is 10.2. The molecule has 0 saturated heterocycles. The standard InChI is InChI=1S/C5H10O2Se/c1-3-4(8-2)5(6)7/h4H,3H2,1-2H3,(H,6,7). The molecule has 0 aliphatic rings. The van der Waals surface area contributed by atoms with E-state index < -0.39 is 5.97 Å². The van der Waals surface area contributed by atoms with Crippen molar-refractivity contribution < 1.29 is 9.90 Å². The SMILES string of the molecule is CCC([Se]C)C(=O)O. The summed E-state index contributed by atoms with van der Waals surface area (Å²) in [5.74, 6) is 1.31.